The molecule has 4 heteroatoms. The van der Waals surface area contributed by atoms with Crippen LogP contribution in [0.25, 0.3) is 0 Å². The van der Waals surface area contributed by atoms with Gasteiger partial charge in [0, 0.05) is 37.8 Å². The second kappa shape index (κ2) is 5.63. The van der Waals surface area contributed by atoms with E-state index in [0.29, 0.717) is 6.04 Å². The third-order valence-corrected chi connectivity index (χ3v) is 4.89. The molecule has 3 rings (SSSR count). The molecule has 3 fully saturated rings. The molecule has 19 heavy (non-hydrogen) atoms. The van der Waals surface area contributed by atoms with Crippen molar-refractivity contribution in [1.29, 1.82) is 0 Å². The van der Waals surface area contributed by atoms with Crippen LogP contribution in [0.2, 0.25) is 0 Å². The Morgan fingerprint density at radius 1 is 1.16 bits per heavy atom. The first-order valence-electron chi connectivity index (χ1n) is 7.68. The first-order chi connectivity index (χ1) is 9.25. The molecule has 4 nitrogen and oxygen atoms in total. The van der Waals surface area contributed by atoms with Gasteiger partial charge in [0.15, 0.2) is 0 Å². The molecule has 0 aromatic heterocycles. The molecular formula is C15H25N3O. The Kier molecular flexibility index (Phi) is 3.89. The quantitative estimate of drug-likeness (QED) is 0.755. The molecule has 1 amide bonds. The van der Waals surface area contributed by atoms with Gasteiger partial charge in [-0.1, -0.05) is 6.42 Å². The van der Waals surface area contributed by atoms with Gasteiger partial charge in [-0.15, -0.1) is 0 Å². The standard InChI is InChI=1S/C15H25N3O/c1-12(13-9-16-10-13)15(19)18-8-5-14(11-18)17-6-3-2-4-7-17/h14,16H,2-11H2,1H3. The third kappa shape index (κ3) is 2.70. The number of nitrogens with one attached hydrogen (secondary N) is 1. The minimum absolute atomic E-state index is 0.274. The Labute approximate surface area is 115 Å². The number of rotatable bonds is 2. The minimum atomic E-state index is 0.274. The molecule has 106 valence electrons. The van der Waals surface area contributed by atoms with Crippen LogP contribution in [-0.2, 0) is 4.79 Å². The number of carbonyl (C=O) groups excluding carboxylic acids is 1. The van der Waals surface area contributed by atoms with Gasteiger partial charge in [0.25, 0.3) is 0 Å². The normalized spacial score (nSPS) is 28.4. The Balaban J connectivity index is 1.57. The van der Waals surface area contributed by atoms with Crippen molar-refractivity contribution in [2.24, 2.45) is 0 Å². The fraction of sp³-hybridized carbons (Fsp3) is 0.800. The summed E-state index contributed by atoms with van der Waals surface area (Å²) in [4.78, 5) is 17.1. The highest BCUT2D eigenvalue weighted by Crippen LogP contribution is 2.22. The van der Waals surface area contributed by atoms with Crippen LogP contribution in [0.3, 0.4) is 0 Å². The average molecular weight is 263 g/mol. The van der Waals surface area contributed by atoms with Gasteiger partial charge < -0.3 is 10.2 Å². The van der Waals surface area contributed by atoms with Crippen molar-refractivity contribution in [2.45, 2.75) is 38.6 Å². The molecule has 0 aliphatic carbocycles. The van der Waals surface area contributed by atoms with E-state index in [0.717, 1.165) is 38.2 Å². The summed E-state index contributed by atoms with van der Waals surface area (Å²) in [5.74, 6) is 0.274. The van der Waals surface area contributed by atoms with Crippen molar-refractivity contribution in [3.8, 4) is 0 Å². The van der Waals surface area contributed by atoms with Gasteiger partial charge in [-0.2, -0.15) is 0 Å². The van der Waals surface area contributed by atoms with Crippen LogP contribution >= 0.6 is 0 Å². The molecule has 3 aliphatic rings. The monoisotopic (exact) mass is 263 g/mol. The molecule has 3 aliphatic heterocycles. The predicted molar refractivity (Wildman–Crippen MR) is 76.0 cm³/mol. The van der Waals surface area contributed by atoms with E-state index < -0.39 is 0 Å². The van der Waals surface area contributed by atoms with Crippen molar-refractivity contribution in [2.75, 3.05) is 39.3 Å². The van der Waals surface area contributed by atoms with E-state index in [2.05, 4.69) is 15.1 Å². The van der Waals surface area contributed by atoms with E-state index in [1.807, 2.05) is 6.92 Å². The van der Waals surface area contributed by atoms with Gasteiger partial charge in [0.05, 0.1) is 0 Å². The Bertz CT molecular complexity index is 379. The number of nitrogens with zero attached hydrogens (tertiary/aromatic N) is 2. The van der Waals surface area contributed by atoms with Crippen molar-refractivity contribution in [3.05, 3.63) is 11.1 Å². The largest absolute Gasteiger partial charge is 0.337 e. The van der Waals surface area contributed by atoms with Gasteiger partial charge >= 0.3 is 0 Å². The highest BCUT2D eigenvalue weighted by Gasteiger charge is 2.32. The summed E-state index contributed by atoms with van der Waals surface area (Å²) < 4.78 is 0. The van der Waals surface area contributed by atoms with Crippen LogP contribution in [0.15, 0.2) is 11.1 Å². The van der Waals surface area contributed by atoms with Crippen molar-refractivity contribution in [3.63, 3.8) is 0 Å². The summed E-state index contributed by atoms with van der Waals surface area (Å²) in [6.45, 7) is 8.15. The summed E-state index contributed by atoms with van der Waals surface area (Å²) in [6.07, 6.45) is 5.20. The Morgan fingerprint density at radius 2 is 1.89 bits per heavy atom. The van der Waals surface area contributed by atoms with E-state index in [-0.39, 0.29) is 5.91 Å². The van der Waals surface area contributed by atoms with Gasteiger partial charge in [-0.3, -0.25) is 9.69 Å². The molecule has 0 bridgehead atoms. The minimum Gasteiger partial charge on any atom is -0.337 e. The molecule has 0 aromatic rings. The highest BCUT2D eigenvalue weighted by atomic mass is 16.2. The molecule has 3 heterocycles. The predicted octanol–water partition coefficient (Wildman–Crippen LogP) is 0.993. The van der Waals surface area contributed by atoms with Crippen molar-refractivity contribution >= 4 is 5.91 Å². The molecule has 1 N–H and O–H groups in total. The lowest BCUT2D eigenvalue weighted by atomic mass is 10.0. The molecule has 0 saturated carbocycles. The number of likely N-dealkylation sites (tertiary alicyclic amines) is 2. The van der Waals surface area contributed by atoms with E-state index in [4.69, 9.17) is 0 Å². The van der Waals surface area contributed by atoms with Crippen LogP contribution in [0.1, 0.15) is 32.6 Å². The van der Waals surface area contributed by atoms with Crippen LogP contribution in [0.5, 0.6) is 0 Å². The van der Waals surface area contributed by atoms with E-state index in [1.165, 1.54) is 37.9 Å². The zero-order valence-electron chi connectivity index (χ0n) is 12.0. The maximum absolute atomic E-state index is 12.4. The van der Waals surface area contributed by atoms with Gasteiger partial charge in [0.2, 0.25) is 5.91 Å². The number of amides is 1. The molecule has 1 atom stereocenters. The summed E-state index contributed by atoms with van der Waals surface area (Å²) >= 11 is 0. The van der Waals surface area contributed by atoms with Gasteiger partial charge in [0.1, 0.15) is 0 Å². The molecule has 0 aromatic carbocycles. The number of carbonyl (C=O) groups is 1. The summed E-state index contributed by atoms with van der Waals surface area (Å²) in [5.41, 5.74) is 2.28. The van der Waals surface area contributed by atoms with Gasteiger partial charge in [-0.25, -0.2) is 0 Å². The first-order valence-corrected chi connectivity index (χ1v) is 7.68. The lowest BCUT2D eigenvalue weighted by molar-refractivity contribution is -0.126. The Hall–Kier alpha value is -0.870. The molecule has 3 saturated heterocycles. The summed E-state index contributed by atoms with van der Waals surface area (Å²) in [5, 5.41) is 3.21. The summed E-state index contributed by atoms with van der Waals surface area (Å²) in [6, 6.07) is 0.613. The van der Waals surface area contributed by atoms with E-state index in [9.17, 15) is 4.79 Å². The maximum atomic E-state index is 12.4. The Morgan fingerprint density at radius 3 is 2.53 bits per heavy atom. The smallest absolute Gasteiger partial charge is 0.249 e. The summed E-state index contributed by atoms with van der Waals surface area (Å²) in [7, 11) is 0. The fourth-order valence-corrected chi connectivity index (χ4v) is 3.41. The zero-order chi connectivity index (χ0) is 13.2. The van der Waals surface area contributed by atoms with E-state index >= 15 is 0 Å². The third-order valence-electron chi connectivity index (χ3n) is 4.89. The lowest BCUT2D eigenvalue weighted by Gasteiger charge is -2.32. The second-order valence-corrected chi connectivity index (χ2v) is 6.12. The van der Waals surface area contributed by atoms with Gasteiger partial charge in [-0.05, 0) is 44.8 Å². The number of hydrogen-bond acceptors (Lipinski definition) is 3. The zero-order valence-corrected chi connectivity index (χ0v) is 12.0. The molecule has 0 spiro atoms. The van der Waals surface area contributed by atoms with Crippen LogP contribution < -0.4 is 5.32 Å². The van der Waals surface area contributed by atoms with Crippen molar-refractivity contribution < 1.29 is 4.79 Å². The highest BCUT2D eigenvalue weighted by molar-refractivity contribution is 5.94. The van der Waals surface area contributed by atoms with Crippen LogP contribution in [0, 0.1) is 0 Å². The topological polar surface area (TPSA) is 35.6 Å². The second-order valence-electron chi connectivity index (χ2n) is 6.12. The molecule has 1 unspecified atom stereocenters. The number of hydrogen-bond donors (Lipinski definition) is 1. The first kappa shape index (κ1) is 13.1. The van der Waals surface area contributed by atoms with Crippen LogP contribution in [-0.4, -0.2) is 61.0 Å². The molecule has 0 radical (unpaired) electrons. The fourth-order valence-electron chi connectivity index (χ4n) is 3.41. The lowest BCUT2D eigenvalue weighted by Crippen LogP contribution is -2.42. The number of piperidine rings is 1. The maximum Gasteiger partial charge on any atom is 0.249 e. The van der Waals surface area contributed by atoms with E-state index in [1.54, 1.807) is 0 Å². The van der Waals surface area contributed by atoms with Crippen LogP contribution in [0.4, 0.5) is 0 Å². The van der Waals surface area contributed by atoms with Crippen molar-refractivity contribution in [1.82, 2.24) is 15.1 Å². The molecular weight excluding hydrogens is 238 g/mol. The average Bonchev–Trinajstić information content (AvgIpc) is 2.86. The SMILES string of the molecule is CC(C(=O)N1CCC(N2CCCCC2)C1)=C1CNC1.